The molecule has 4 aromatic rings. The number of nitrogens with one attached hydrogen (secondary N) is 1. The van der Waals surface area contributed by atoms with Crippen molar-refractivity contribution in [1.82, 2.24) is 14.9 Å². The Kier molecular flexibility index (Phi) is 6.80. The maximum atomic E-state index is 13.7. The summed E-state index contributed by atoms with van der Waals surface area (Å²) in [4.78, 5) is 14.9. The molecule has 5 rings (SSSR count). The number of rotatable bonds is 3. The van der Waals surface area contributed by atoms with Crippen LogP contribution in [0.25, 0.3) is 16.8 Å². The standard InChI is InChI=1S/C28H26Cl3N3OS/c1-15-11-22-24(28(2,3)4)19(27(35)33-21-9-10-36-23-8-6-5-7-17(21)23)14-32-34(22)26(15)18-12-16(29)13-20(30)25(18)31/h5-8,11-14,21H,9-10H2,1-4H3,(H,33,35)/t21-/m0/s1. The molecule has 0 spiro atoms. The number of carbonyl (C=O) groups excluding carboxylic acids is 1. The molecule has 4 nitrogen and oxygen atoms in total. The monoisotopic (exact) mass is 557 g/mol. The summed E-state index contributed by atoms with van der Waals surface area (Å²) in [5, 5.41) is 9.30. The van der Waals surface area contributed by atoms with Gasteiger partial charge in [-0.3, -0.25) is 4.79 Å². The highest BCUT2D eigenvalue weighted by Crippen LogP contribution is 2.41. The molecule has 2 aromatic carbocycles. The fraction of sp³-hybridized carbons (Fsp3) is 0.286. The predicted octanol–water partition coefficient (Wildman–Crippen LogP) is 8.53. The van der Waals surface area contributed by atoms with Gasteiger partial charge >= 0.3 is 0 Å². The number of thioether (sulfide) groups is 1. The van der Waals surface area contributed by atoms with Gasteiger partial charge in [0.15, 0.2) is 0 Å². The van der Waals surface area contributed by atoms with E-state index in [9.17, 15) is 4.79 Å². The van der Waals surface area contributed by atoms with Crippen LogP contribution in [-0.4, -0.2) is 21.3 Å². The minimum Gasteiger partial charge on any atom is -0.345 e. The van der Waals surface area contributed by atoms with Gasteiger partial charge in [-0.2, -0.15) is 5.10 Å². The highest BCUT2D eigenvalue weighted by molar-refractivity contribution is 7.99. The van der Waals surface area contributed by atoms with E-state index < -0.39 is 0 Å². The van der Waals surface area contributed by atoms with Crippen LogP contribution in [0.1, 0.15) is 60.3 Å². The fourth-order valence-corrected chi connectivity index (χ4v) is 6.80. The van der Waals surface area contributed by atoms with E-state index in [4.69, 9.17) is 39.9 Å². The van der Waals surface area contributed by atoms with Gasteiger partial charge in [-0.15, -0.1) is 11.8 Å². The van der Waals surface area contributed by atoms with Crippen molar-refractivity contribution >= 4 is 58.0 Å². The van der Waals surface area contributed by atoms with Gasteiger partial charge in [0.2, 0.25) is 0 Å². The molecule has 2 aromatic heterocycles. The van der Waals surface area contributed by atoms with E-state index in [2.05, 4.69) is 44.3 Å². The third-order valence-electron chi connectivity index (χ3n) is 6.50. The van der Waals surface area contributed by atoms with Gasteiger partial charge < -0.3 is 5.32 Å². The summed E-state index contributed by atoms with van der Waals surface area (Å²) in [5.74, 6) is 0.848. The van der Waals surface area contributed by atoms with Crippen molar-refractivity contribution in [2.75, 3.05) is 5.75 Å². The van der Waals surface area contributed by atoms with Crippen molar-refractivity contribution in [2.45, 2.75) is 50.5 Å². The first-order valence-corrected chi connectivity index (χ1v) is 13.9. The quantitative estimate of drug-likeness (QED) is 0.256. The van der Waals surface area contributed by atoms with Crippen LogP contribution in [0.4, 0.5) is 0 Å². The number of benzene rings is 2. The van der Waals surface area contributed by atoms with Gasteiger partial charge in [-0.25, -0.2) is 4.52 Å². The van der Waals surface area contributed by atoms with Gasteiger partial charge in [0.25, 0.3) is 5.91 Å². The van der Waals surface area contributed by atoms with Crippen LogP contribution in [0, 0.1) is 6.92 Å². The van der Waals surface area contributed by atoms with Crippen molar-refractivity contribution in [3.63, 3.8) is 0 Å². The number of halogens is 3. The molecule has 0 unspecified atom stereocenters. The van der Waals surface area contributed by atoms with E-state index in [1.165, 1.54) is 10.5 Å². The minimum absolute atomic E-state index is 0.0320. The smallest absolute Gasteiger partial charge is 0.253 e. The Balaban J connectivity index is 1.64. The lowest BCUT2D eigenvalue weighted by molar-refractivity contribution is 0.0932. The number of aromatic nitrogens is 2. The second-order valence-electron chi connectivity index (χ2n) is 10.1. The predicted molar refractivity (Wildman–Crippen MR) is 151 cm³/mol. The summed E-state index contributed by atoms with van der Waals surface area (Å²) in [7, 11) is 0. The van der Waals surface area contributed by atoms with Gasteiger partial charge in [0.1, 0.15) is 0 Å². The third kappa shape index (κ3) is 4.51. The molecular weight excluding hydrogens is 533 g/mol. The molecule has 8 heteroatoms. The summed E-state index contributed by atoms with van der Waals surface area (Å²) in [6.07, 6.45) is 2.55. The zero-order valence-corrected chi connectivity index (χ0v) is 23.5. The Morgan fingerprint density at radius 1 is 1.14 bits per heavy atom. The SMILES string of the molecule is Cc1cc2c(C(C)(C)C)c(C(=O)N[C@H]3CCSc4ccccc43)cnn2c1-c1cc(Cl)cc(Cl)c1Cl. The van der Waals surface area contributed by atoms with Crippen LogP contribution in [0.15, 0.2) is 53.6 Å². The van der Waals surface area contributed by atoms with Gasteiger partial charge in [-0.05, 0) is 59.7 Å². The van der Waals surface area contributed by atoms with E-state index in [1.807, 2.05) is 35.3 Å². The molecule has 1 N–H and O–H groups in total. The number of aryl methyl sites for hydroxylation is 1. The average molecular weight is 559 g/mol. The summed E-state index contributed by atoms with van der Waals surface area (Å²) >= 11 is 21.1. The molecular formula is C28H26Cl3N3OS. The van der Waals surface area contributed by atoms with Crippen LogP contribution in [0.5, 0.6) is 0 Å². The van der Waals surface area contributed by atoms with Crippen LogP contribution in [0.2, 0.25) is 15.1 Å². The molecule has 0 saturated heterocycles. The lowest BCUT2D eigenvalue weighted by Crippen LogP contribution is -2.33. The third-order valence-corrected chi connectivity index (χ3v) is 8.64. The van der Waals surface area contributed by atoms with Crippen LogP contribution >= 0.6 is 46.6 Å². The molecule has 186 valence electrons. The first-order valence-electron chi connectivity index (χ1n) is 11.8. The number of hydrogen-bond acceptors (Lipinski definition) is 3. The molecule has 1 amide bonds. The molecule has 1 aliphatic rings. The lowest BCUT2D eigenvalue weighted by atomic mass is 9.83. The van der Waals surface area contributed by atoms with Crippen LogP contribution in [0.3, 0.4) is 0 Å². The zero-order chi connectivity index (χ0) is 25.8. The van der Waals surface area contributed by atoms with E-state index in [0.29, 0.717) is 26.2 Å². The molecule has 36 heavy (non-hydrogen) atoms. The highest BCUT2D eigenvalue weighted by atomic mass is 35.5. The van der Waals surface area contributed by atoms with Crippen molar-refractivity contribution in [2.24, 2.45) is 0 Å². The Morgan fingerprint density at radius 2 is 1.89 bits per heavy atom. The number of amides is 1. The van der Waals surface area contributed by atoms with Gasteiger partial charge in [-0.1, -0.05) is 73.8 Å². The van der Waals surface area contributed by atoms with Crippen molar-refractivity contribution in [3.05, 3.63) is 86.0 Å². The van der Waals surface area contributed by atoms with E-state index in [-0.39, 0.29) is 17.4 Å². The number of fused-ring (bicyclic) bond motifs is 2. The Bertz CT molecular complexity index is 1510. The number of nitrogens with zero attached hydrogens (tertiary/aromatic N) is 2. The van der Waals surface area contributed by atoms with Crippen molar-refractivity contribution in [1.29, 1.82) is 0 Å². The first kappa shape index (κ1) is 25.5. The summed E-state index contributed by atoms with van der Waals surface area (Å²) in [5.41, 5.74) is 5.66. The molecule has 1 atom stereocenters. The summed E-state index contributed by atoms with van der Waals surface area (Å²) < 4.78 is 1.84. The Hall–Kier alpha value is -2.18. The maximum absolute atomic E-state index is 13.7. The molecule has 0 bridgehead atoms. The largest absolute Gasteiger partial charge is 0.345 e. The number of hydrogen-bond donors (Lipinski definition) is 1. The topological polar surface area (TPSA) is 46.4 Å². The van der Waals surface area contributed by atoms with Crippen molar-refractivity contribution < 1.29 is 4.79 Å². The van der Waals surface area contributed by atoms with Gasteiger partial charge in [0.05, 0.1) is 39.1 Å². The van der Waals surface area contributed by atoms with E-state index >= 15 is 0 Å². The molecule has 0 fully saturated rings. The lowest BCUT2D eigenvalue weighted by Gasteiger charge is -2.28. The Morgan fingerprint density at radius 3 is 2.64 bits per heavy atom. The molecule has 0 saturated carbocycles. The van der Waals surface area contributed by atoms with Crippen LogP contribution < -0.4 is 5.32 Å². The second kappa shape index (κ2) is 9.60. The second-order valence-corrected chi connectivity index (χ2v) is 12.5. The summed E-state index contributed by atoms with van der Waals surface area (Å²) in [6, 6.07) is 13.7. The first-order chi connectivity index (χ1) is 17.1. The number of carbonyl (C=O) groups is 1. The maximum Gasteiger partial charge on any atom is 0.253 e. The molecule has 3 heterocycles. The summed E-state index contributed by atoms with van der Waals surface area (Å²) in [6.45, 7) is 8.32. The van der Waals surface area contributed by atoms with Gasteiger partial charge in [0, 0.05) is 21.2 Å². The average Bonchev–Trinajstić information content (AvgIpc) is 3.15. The zero-order valence-electron chi connectivity index (χ0n) is 20.5. The van der Waals surface area contributed by atoms with Crippen LogP contribution in [-0.2, 0) is 5.41 Å². The van der Waals surface area contributed by atoms with E-state index in [0.717, 1.165) is 34.5 Å². The molecule has 0 aliphatic carbocycles. The fourth-order valence-electron chi connectivity index (χ4n) is 4.98. The normalized spacial score (nSPS) is 15.7. The minimum atomic E-state index is -0.324. The molecule has 0 radical (unpaired) electrons. The van der Waals surface area contributed by atoms with Crippen molar-refractivity contribution in [3.8, 4) is 11.3 Å². The highest BCUT2D eigenvalue weighted by Gasteiger charge is 2.30. The van der Waals surface area contributed by atoms with E-state index in [1.54, 1.807) is 18.3 Å². The molecule has 1 aliphatic heterocycles. The Labute approximate surface area is 230 Å².